The van der Waals surface area contributed by atoms with Gasteiger partial charge in [0.15, 0.2) is 5.78 Å². The van der Waals surface area contributed by atoms with Gasteiger partial charge in [-0.1, -0.05) is 12.2 Å². The molecule has 0 aliphatic heterocycles. The summed E-state index contributed by atoms with van der Waals surface area (Å²) in [6.07, 6.45) is 5.08. The lowest BCUT2D eigenvalue weighted by Gasteiger charge is -2.41. The van der Waals surface area contributed by atoms with E-state index >= 15 is 0 Å². The predicted octanol–water partition coefficient (Wildman–Crippen LogP) is 2.60. The minimum Gasteiger partial charge on any atom is -0.481 e. The van der Waals surface area contributed by atoms with Crippen molar-refractivity contribution in [2.75, 3.05) is 5.32 Å². The molecule has 1 aromatic rings. The summed E-state index contributed by atoms with van der Waals surface area (Å²) >= 11 is 0. The smallest absolute Gasteiger partial charge is 0.307 e. The number of hydrogen-bond acceptors (Lipinski definition) is 3. The van der Waals surface area contributed by atoms with Crippen LogP contribution in [0.3, 0.4) is 0 Å². The van der Waals surface area contributed by atoms with Crippen molar-refractivity contribution < 1.29 is 19.5 Å². The molecule has 5 rings (SSSR count). The Labute approximate surface area is 139 Å². The standard InChI is InChI=1S/C19H19NO4/c1-9(21)10-2-4-11(5-3-10)20-18(22)16-12-6-7-13(15-8-14(12)15)17(16)19(23)24/h2-7,12-17H,8H2,1H3,(H,20,22)(H,23,24)/t12-,13-,14-,15-,16+,17+/m1/s1. The van der Waals surface area contributed by atoms with Crippen molar-refractivity contribution in [3.8, 4) is 0 Å². The monoisotopic (exact) mass is 325 g/mol. The third-order valence-corrected chi connectivity index (χ3v) is 5.80. The topological polar surface area (TPSA) is 83.5 Å². The van der Waals surface area contributed by atoms with Gasteiger partial charge in [-0.05, 0) is 61.3 Å². The molecule has 5 nitrogen and oxygen atoms in total. The fraction of sp³-hybridized carbons (Fsp3) is 0.421. The Morgan fingerprint density at radius 3 is 2.12 bits per heavy atom. The maximum Gasteiger partial charge on any atom is 0.307 e. The van der Waals surface area contributed by atoms with Gasteiger partial charge >= 0.3 is 5.97 Å². The highest BCUT2D eigenvalue weighted by Gasteiger charge is 2.62. The summed E-state index contributed by atoms with van der Waals surface area (Å²) in [5, 5.41) is 12.5. The number of nitrogens with one attached hydrogen (secondary N) is 1. The van der Waals surface area contributed by atoms with Crippen LogP contribution >= 0.6 is 0 Å². The second-order valence-electron chi connectivity index (χ2n) is 7.12. The molecule has 1 aromatic carbocycles. The van der Waals surface area contributed by atoms with Crippen LogP contribution in [-0.4, -0.2) is 22.8 Å². The van der Waals surface area contributed by atoms with E-state index in [0.717, 1.165) is 6.42 Å². The predicted molar refractivity (Wildman–Crippen MR) is 87.4 cm³/mol. The van der Waals surface area contributed by atoms with E-state index in [2.05, 4.69) is 5.32 Å². The summed E-state index contributed by atoms with van der Waals surface area (Å²) < 4.78 is 0. The van der Waals surface area contributed by atoms with Gasteiger partial charge in [0, 0.05) is 11.3 Å². The van der Waals surface area contributed by atoms with E-state index in [0.29, 0.717) is 23.1 Å². The SMILES string of the molecule is CC(=O)c1ccc(NC(=O)[C@H]2[C@@H]3C=C[C@H]([C@H]4C[C@H]34)[C@@H]2C(=O)O)cc1. The highest BCUT2D eigenvalue weighted by Crippen LogP contribution is 2.63. The van der Waals surface area contributed by atoms with Gasteiger partial charge in [0.2, 0.25) is 5.91 Å². The normalized spacial score (nSPS) is 35.2. The second-order valence-corrected chi connectivity index (χ2v) is 7.12. The average molecular weight is 325 g/mol. The Bertz CT molecular complexity index is 751. The molecule has 4 aliphatic carbocycles. The molecule has 4 aliphatic rings. The van der Waals surface area contributed by atoms with Crippen LogP contribution in [0.25, 0.3) is 0 Å². The molecular weight excluding hydrogens is 306 g/mol. The quantitative estimate of drug-likeness (QED) is 0.658. The van der Waals surface area contributed by atoms with Crippen molar-refractivity contribution in [1.82, 2.24) is 0 Å². The first-order valence-electron chi connectivity index (χ1n) is 8.30. The number of Topliss-reactive ketones (excluding diaryl/α,β-unsaturated/α-hetero) is 1. The molecule has 5 heteroatoms. The lowest BCUT2D eigenvalue weighted by Crippen LogP contribution is -2.48. The summed E-state index contributed by atoms with van der Waals surface area (Å²) in [6, 6.07) is 6.69. The number of fused-ring (bicyclic) bond motifs is 1. The third-order valence-electron chi connectivity index (χ3n) is 5.80. The van der Waals surface area contributed by atoms with Gasteiger partial charge in [0.1, 0.15) is 0 Å². The van der Waals surface area contributed by atoms with Gasteiger partial charge in [0.05, 0.1) is 11.8 Å². The van der Waals surface area contributed by atoms with Gasteiger partial charge < -0.3 is 10.4 Å². The average Bonchev–Trinajstić information content (AvgIpc) is 3.36. The van der Waals surface area contributed by atoms with Crippen molar-refractivity contribution >= 4 is 23.3 Å². The highest BCUT2D eigenvalue weighted by molar-refractivity contribution is 5.97. The number of benzene rings is 1. The minimum absolute atomic E-state index is 0.0201. The lowest BCUT2D eigenvalue weighted by molar-refractivity contribution is -0.152. The molecule has 124 valence electrons. The summed E-state index contributed by atoms with van der Waals surface area (Å²) in [5.41, 5.74) is 1.17. The molecule has 0 heterocycles. The first kappa shape index (κ1) is 15.1. The Kier molecular flexibility index (Phi) is 3.34. The molecule has 24 heavy (non-hydrogen) atoms. The number of carbonyl (C=O) groups excluding carboxylic acids is 2. The van der Waals surface area contributed by atoms with Crippen LogP contribution in [-0.2, 0) is 9.59 Å². The Balaban J connectivity index is 1.56. The van der Waals surface area contributed by atoms with Crippen LogP contribution in [0.1, 0.15) is 23.7 Å². The molecular formula is C19H19NO4. The Morgan fingerprint density at radius 1 is 1.00 bits per heavy atom. The number of rotatable bonds is 4. The molecule has 0 spiro atoms. The zero-order valence-electron chi connectivity index (χ0n) is 13.3. The van der Waals surface area contributed by atoms with Crippen LogP contribution in [0.15, 0.2) is 36.4 Å². The summed E-state index contributed by atoms with van der Waals surface area (Å²) in [6.45, 7) is 1.49. The van der Waals surface area contributed by atoms with E-state index in [4.69, 9.17) is 0 Å². The molecule has 0 saturated heterocycles. The lowest BCUT2D eigenvalue weighted by atomic mass is 9.62. The summed E-state index contributed by atoms with van der Waals surface area (Å²) in [7, 11) is 0. The molecule has 2 N–H and O–H groups in total. The molecule has 2 saturated carbocycles. The number of ketones is 1. The first-order chi connectivity index (χ1) is 11.5. The third kappa shape index (κ3) is 2.27. The minimum atomic E-state index is -0.883. The zero-order valence-corrected chi connectivity index (χ0v) is 13.3. The summed E-state index contributed by atoms with van der Waals surface area (Å²) in [5.74, 6) is -1.39. The van der Waals surface area contributed by atoms with E-state index in [1.165, 1.54) is 6.92 Å². The number of amides is 1. The van der Waals surface area contributed by atoms with E-state index in [9.17, 15) is 19.5 Å². The largest absolute Gasteiger partial charge is 0.481 e. The number of hydrogen-bond donors (Lipinski definition) is 2. The molecule has 2 fully saturated rings. The van der Waals surface area contributed by atoms with E-state index in [1.54, 1.807) is 24.3 Å². The number of anilines is 1. The van der Waals surface area contributed by atoms with Crippen molar-refractivity contribution in [3.63, 3.8) is 0 Å². The van der Waals surface area contributed by atoms with E-state index in [-0.39, 0.29) is 23.5 Å². The van der Waals surface area contributed by atoms with Crippen molar-refractivity contribution in [3.05, 3.63) is 42.0 Å². The van der Waals surface area contributed by atoms with Gasteiger partial charge in [-0.15, -0.1) is 0 Å². The van der Waals surface area contributed by atoms with Gasteiger partial charge in [-0.2, -0.15) is 0 Å². The fourth-order valence-corrected chi connectivity index (χ4v) is 4.58. The zero-order chi connectivity index (χ0) is 17.0. The number of aliphatic carboxylic acids is 1. The number of carbonyl (C=O) groups is 3. The van der Waals surface area contributed by atoms with Crippen molar-refractivity contribution in [2.24, 2.45) is 35.5 Å². The van der Waals surface area contributed by atoms with E-state index < -0.39 is 17.8 Å². The molecule has 2 bridgehead atoms. The van der Waals surface area contributed by atoms with E-state index in [1.807, 2.05) is 12.2 Å². The fourth-order valence-electron chi connectivity index (χ4n) is 4.58. The van der Waals surface area contributed by atoms with Crippen molar-refractivity contribution in [2.45, 2.75) is 13.3 Å². The van der Waals surface area contributed by atoms with Crippen LogP contribution in [0.5, 0.6) is 0 Å². The molecule has 0 radical (unpaired) electrons. The Morgan fingerprint density at radius 2 is 1.58 bits per heavy atom. The Hall–Kier alpha value is -2.43. The molecule has 0 aromatic heterocycles. The number of allylic oxidation sites excluding steroid dienone is 2. The molecule has 1 amide bonds. The first-order valence-corrected chi connectivity index (χ1v) is 8.30. The maximum atomic E-state index is 12.8. The maximum absolute atomic E-state index is 12.8. The second kappa shape index (κ2) is 5.30. The van der Waals surface area contributed by atoms with Crippen LogP contribution in [0.2, 0.25) is 0 Å². The highest BCUT2D eigenvalue weighted by atomic mass is 16.4. The van der Waals surface area contributed by atoms with Crippen LogP contribution in [0.4, 0.5) is 5.69 Å². The van der Waals surface area contributed by atoms with Gasteiger partial charge in [-0.3, -0.25) is 14.4 Å². The van der Waals surface area contributed by atoms with Crippen LogP contribution < -0.4 is 5.32 Å². The summed E-state index contributed by atoms with van der Waals surface area (Å²) in [4.78, 5) is 35.8. The van der Waals surface area contributed by atoms with Gasteiger partial charge in [0.25, 0.3) is 0 Å². The van der Waals surface area contributed by atoms with Crippen molar-refractivity contribution in [1.29, 1.82) is 0 Å². The van der Waals surface area contributed by atoms with Crippen LogP contribution in [0, 0.1) is 35.5 Å². The number of carboxylic acid groups (broad SMARTS) is 1. The molecule has 6 atom stereocenters. The number of carboxylic acids is 1. The van der Waals surface area contributed by atoms with Gasteiger partial charge in [-0.25, -0.2) is 0 Å². The molecule has 0 unspecified atom stereocenters.